The van der Waals surface area contributed by atoms with Crippen LogP contribution in [0.5, 0.6) is 0 Å². The molecule has 0 spiro atoms. The van der Waals surface area contributed by atoms with Crippen LogP contribution >= 0.6 is 11.8 Å². The lowest BCUT2D eigenvalue weighted by atomic mass is 10.2. The van der Waals surface area contributed by atoms with Crippen LogP contribution in [0.25, 0.3) is 0 Å². The van der Waals surface area contributed by atoms with Crippen molar-refractivity contribution in [2.24, 2.45) is 0 Å². The maximum atomic E-state index is 13.4. The van der Waals surface area contributed by atoms with E-state index in [0.29, 0.717) is 0 Å². The summed E-state index contributed by atoms with van der Waals surface area (Å²) in [5.41, 5.74) is 0.00293. The molecule has 0 bridgehead atoms. The normalized spacial score (nSPS) is 10.4. The Hall–Kier alpha value is -1.56. The van der Waals surface area contributed by atoms with Gasteiger partial charge in [-0.3, -0.25) is 4.79 Å². The van der Waals surface area contributed by atoms with Gasteiger partial charge in [-0.2, -0.15) is 0 Å². The predicted molar refractivity (Wildman–Crippen MR) is 67.4 cm³/mol. The lowest BCUT2D eigenvalue weighted by Crippen LogP contribution is -2.31. The van der Waals surface area contributed by atoms with Crippen molar-refractivity contribution in [3.8, 4) is 0 Å². The number of amides is 1. The van der Waals surface area contributed by atoms with E-state index in [1.54, 1.807) is 0 Å². The second-order valence-electron chi connectivity index (χ2n) is 3.96. The maximum Gasteiger partial charge on any atom is 0.335 e. The van der Waals surface area contributed by atoms with Crippen LogP contribution in [0.2, 0.25) is 0 Å². The van der Waals surface area contributed by atoms with E-state index in [1.807, 2.05) is 13.8 Å². The molecular weight excluding hydrogens is 257 g/mol. The van der Waals surface area contributed by atoms with Gasteiger partial charge in [0.05, 0.1) is 11.3 Å². The first-order valence-corrected chi connectivity index (χ1v) is 6.33. The number of carbonyl (C=O) groups excluding carboxylic acids is 1. The lowest BCUT2D eigenvalue weighted by Gasteiger charge is -2.08. The highest BCUT2D eigenvalue weighted by Gasteiger charge is 2.11. The molecule has 1 aromatic carbocycles. The smallest absolute Gasteiger partial charge is 0.335 e. The zero-order valence-electron chi connectivity index (χ0n) is 10.1. The number of carboxylic acids is 1. The molecule has 0 radical (unpaired) electrons. The first-order valence-electron chi connectivity index (χ1n) is 5.35. The Morgan fingerprint density at radius 1 is 1.44 bits per heavy atom. The molecule has 2 N–H and O–H groups in total. The van der Waals surface area contributed by atoms with E-state index in [9.17, 15) is 14.0 Å². The number of carbonyl (C=O) groups is 2. The van der Waals surface area contributed by atoms with E-state index in [4.69, 9.17) is 5.11 Å². The standard InChI is InChI=1S/C12H14FNO3S/c1-7(2)14-11(15)6-18-10-5-8(12(16)17)3-4-9(10)13/h3-5,7H,6H2,1-2H3,(H,14,15)(H,16,17). The van der Waals surface area contributed by atoms with E-state index < -0.39 is 11.8 Å². The fraction of sp³-hybridized carbons (Fsp3) is 0.333. The van der Waals surface area contributed by atoms with Crippen molar-refractivity contribution in [3.63, 3.8) is 0 Å². The zero-order chi connectivity index (χ0) is 13.7. The first kappa shape index (κ1) is 14.5. The number of aromatic carboxylic acids is 1. The van der Waals surface area contributed by atoms with Crippen LogP contribution in [0.3, 0.4) is 0 Å². The summed E-state index contributed by atoms with van der Waals surface area (Å²) < 4.78 is 13.4. The molecule has 0 aliphatic carbocycles. The molecule has 0 fully saturated rings. The number of carboxylic acid groups (broad SMARTS) is 1. The lowest BCUT2D eigenvalue weighted by molar-refractivity contribution is -0.119. The van der Waals surface area contributed by atoms with Gasteiger partial charge in [-0.25, -0.2) is 9.18 Å². The van der Waals surface area contributed by atoms with Crippen LogP contribution in [0.1, 0.15) is 24.2 Å². The quantitative estimate of drug-likeness (QED) is 0.805. The molecule has 1 aromatic rings. The average Bonchev–Trinajstić information content (AvgIpc) is 2.26. The van der Waals surface area contributed by atoms with Crippen molar-refractivity contribution in [2.75, 3.05) is 5.75 Å². The minimum atomic E-state index is -1.12. The Labute approximate surface area is 109 Å². The van der Waals surface area contributed by atoms with E-state index in [-0.39, 0.29) is 28.2 Å². The van der Waals surface area contributed by atoms with Gasteiger partial charge < -0.3 is 10.4 Å². The first-order chi connectivity index (χ1) is 8.40. The summed E-state index contributed by atoms with van der Waals surface area (Å²) in [5.74, 6) is -1.81. The fourth-order valence-electron chi connectivity index (χ4n) is 1.25. The Morgan fingerprint density at radius 3 is 2.67 bits per heavy atom. The van der Waals surface area contributed by atoms with Crippen LogP contribution in [0.15, 0.2) is 23.1 Å². The van der Waals surface area contributed by atoms with Gasteiger partial charge in [0.15, 0.2) is 0 Å². The molecule has 0 heterocycles. The van der Waals surface area contributed by atoms with Crippen LogP contribution < -0.4 is 5.32 Å². The van der Waals surface area contributed by atoms with Crippen molar-refractivity contribution >= 4 is 23.6 Å². The molecule has 0 saturated heterocycles. The van der Waals surface area contributed by atoms with Crippen LogP contribution in [0.4, 0.5) is 4.39 Å². The molecule has 6 heteroatoms. The van der Waals surface area contributed by atoms with E-state index in [1.165, 1.54) is 12.1 Å². The van der Waals surface area contributed by atoms with Gasteiger partial charge in [-0.15, -0.1) is 11.8 Å². The number of benzene rings is 1. The number of halogens is 1. The summed E-state index contributed by atoms with van der Waals surface area (Å²) in [4.78, 5) is 22.3. The van der Waals surface area contributed by atoms with E-state index in [2.05, 4.69) is 5.32 Å². The molecule has 0 aliphatic rings. The van der Waals surface area contributed by atoms with Gasteiger partial charge in [-0.05, 0) is 32.0 Å². The third-order valence-corrected chi connectivity index (χ3v) is 3.02. The molecule has 18 heavy (non-hydrogen) atoms. The Morgan fingerprint density at radius 2 is 2.11 bits per heavy atom. The molecular formula is C12H14FNO3S. The van der Waals surface area contributed by atoms with Crippen molar-refractivity contribution in [1.82, 2.24) is 5.32 Å². The van der Waals surface area contributed by atoms with Crippen LogP contribution in [0, 0.1) is 5.82 Å². The minimum Gasteiger partial charge on any atom is -0.478 e. The molecule has 4 nitrogen and oxygen atoms in total. The summed E-state index contributed by atoms with van der Waals surface area (Å²) >= 11 is 0.978. The van der Waals surface area contributed by atoms with E-state index >= 15 is 0 Å². The van der Waals surface area contributed by atoms with Gasteiger partial charge in [0.1, 0.15) is 5.82 Å². The highest BCUT2D eigenvalue weighted by Crippen LogP contribution is 2.23. The van der Waals surface area contributed by atoms with Crippen LogP contribution in [-0.4, -0.2) is 28.8 Å². The number of rotatable bonds is 5. The largest absolute Gasteiger partial charge is 0.478 e. The summed E-state index contributed by atoms with van der Waals surface area (Å²) in [7, 11) is 0. The van der Waals surface area contributed by atoms with Gasteiger partial charge in [-0.1, -0.05) is 0 Å². The molecule has 0 aliphatic heterocycles. The van der Waals surface area contributed by atoms with Crippen molar-refractivity contribution < 1.29 is 19.1 Å². The Bertz CT molecular complexity index is 463. The third kappa shape index (κ3) is 4.37. The molecule has 0 saturated carbocycles. The highest BCUT2D eigenvalue weighted by molar-refractivity contribution is 8.00. The molecule has 0 unspecified atom stereocenters. The molecule has 0 atom stereocenters. The summed E-state index contributed by atoms with van der Waals surface area (Å²) in [6, 6.07) is 3.53. The topological polar surface area (TPSA) is 66.4 Å². The van der Waals surface area contributed by atoms with E-state index in [0.717, 1.165) is 17.8 Å². The number of nitrogens with one attached hydrogen (secondary N) is 1. The average molecular weight is 271 g/mol. The van der Waals surface area contributed by atoms with Crippen LogP contribution in [-0.2, 0) is 4.79 Å². The number of hydrogen-bond donors (Lipinski definition) is 2. The molecule has 1 amide bonds. The van der Waals surface area contributed by atoms with Gasteiger partial charge in [0.25, 0.3) is 0 Å². The van der Waals surface area contributed by atoms with Crippen molar-refractivity contribution in [3.05, 3.63) is 29.6 Å². The fourth-order valence-corrected chi connectivity index (χ4v) is 2.04. The zero-order valence-corrected chi connectivity index (χ0v) is 10.9. The Balaban J connectivity index is 2.69. The minimum absolute atomic E-state index is 0.00293. The maximum absolute atomic E-state index is 13.4. The van der Waals surface area contributed by atoms with Gasteiger partial charge in [0.2, 0.25) is 5.91 Å². The second-order valence-corrected chi connectivity index (χ2v) is 4.98. The second kappa shape index (κ2) is 6.39. The predicted octanol–water partition coefficient (Wildman–Crippen LogP) is 2.14. The molecule has 1 rings (SSSR count). The monoisotopic (exact) mass is 271 g/mol. The Kier molecular flexibility index (Phi) is 5.15. The van der Waals surface area contributed by atoms with Gasteiger partial charge in [0, 0.05) is 10.9 Å². The third-order valence-electron chi connectivity index (χ3n) is 1.99. The number of hydrogen-bond acceptors (Lipinski definition) is 3. The number of thioether (sulfide) groups is 1. The summed E-state index contributed by atoms with van der Waals surface area (Å²) in [5, 5.41) is 11.5. The van der Waals surface area contributed by atoms with Gasteiger partial charge >= 0.3 is 5.97 Å². The molecule has 0 aromatic heterocycles. The summed E-state index contributed by atoms with van der Waals surface area (Å²) in [6.07, 6.45) is 0. The summed E-state index contributed by atoms with van der Waals surface area (Å²) in [6.45, 7) is 3.66. The SMILES string of the molecule is CC(C)NC(=O)CSc1cc(C(=O)O)ccc1F. The highest BCUT2D eigenvalue weighted by atomic mass is 32.2. The van der Waals surface area contributed by atoms with Crippen molar-refractivity contribution in [2.45, 2.75) is 24.8 Å². The van der Waals surface area contributed by atoms with Crippen molar-refractivity contribution in [1.29, 1.82) is 0 Å². The molecule has 98 valence electrons.